The van der Waals surface area contributed by atoms with Gasteiger partial charge in [-0.05, 0) is 133 Å². The Kier molecular flexibility index (Phi) is 7.52. The third-order valence-corrected chi connectivity index (χ3v) is 13.4. The Balaban J connectivity index is 1.10. The van der Waals surface area contributed by atoms with E-state index in [-0.39, 0.29) is 5.41 Å². The highest BCUT2D eigenvalue weighted by atomic mass is 15.2. The Labute approximate surface area is 352 Å². The second kappa shape index (κ2) is 13.0. The lowest BCUT2D eigenvalue weighted by atomic mass is 9.70. The molecule has 2 nitrogen and oxygen atoms in total. The molecule has 3 aliphatic carbocycles. The third kappa shape index (κ3) is 4.76. The van der Waals surface area contributed by atoms with E-state index in [1.807, 2.05) is 0 Å². The first kappa shape index (κ1) is 34.6. The van der Waals surface area contributed by atoms with Gasteiger partial charge in [-0.15, -0.1) is 0 Å². The summed E-state index contributed by atoms with van der Waals surface area (Å²) in [7, 11) is 0. The number of benzene rings is 9. The Hall–Kier alpha value is -7.42. The van der Waals surface area contributed by atoms with Crippen molar-refractivity contribution in [2.75, 3.05) is 9.80 Å². The number of nitrogens with zero attached hydrogens (tertiary/aromatic N) is 2. The van der Waals surface area contributed by atoms with Crippen molar-refractivity contribution in [1.82, 2.24) is 0 Å². The largest absolute Gasteiger partial charge is 0.310 e. The van der Waals surface area contributed by atoms with Crippen molar-refractivity contribution >= 4 is 34.1 Å². The molecule has 1 atom stereocenters. The van der Waals surface area contributed by atoms with E-state index < -0.39 is 5.41 Å². The highest BCUT2D eigenvalue weighted by molar-refractivity contribution is 5.98. The van der Waals surface area contributed by atoms with Crippen LogP contribution in [0.1, 0.15) is 47.2 Å². The van der Waals surface area contributed by atoms with Crippen molar-refractivity contribution in [3.8, 4) is 33.4 Å². The van der Waals surface area contributed by atoms with Crippen LogP contribution in [-0.4, -0.2) is 0 Å². The predicted octanol–water partition coefficient (Wildman–Crippen LogP) is 15.3. The minimum absolute atomic E-state index is 0.175. The van der Waals surface area contributed by atoms with Gasteiger partial charge >= 0.3 is 0 Å². The highest BCUT2D eigenvalue weighted by Crippen LogP contribution is 2.64. The topological polar surface area (TPSA) is 6.48 Å². The van der Waals surface area contributed by atoms with Gasteiger partial charge in [-0.25, -0.2) is 0 Å². The molecule has 60 heavy (non-hydrogen) atoms. The number of anilines is 6. The molecule has 12 rings (SSSR count). The standard InChI is InChI=1S/C58H42N2/c1-57(2)50-29-15-12-26-45(50)48-28-18-32-55(56(48)57)60(41-23-10-5-11-24-41)42-34-36-53-49(37-42)46-27-14-17-31-52(46)58(53)51-30-16-13-25-44(51)47-35-33-43(38-54(47)58)59(39-19-6-3-7-20-39)40-21-8-4-9-22-40/h3-38H,1-2H3. The molecule has 0 fully saturated rings. The Morgan fingerprint density at radius 2 is 0.717 bits per heavy atom. The summed E-state index contributed by atoms with van der Waals surface area (Å²) < 4.78 is 0. The van der Waals surface area contributed by atoms with Crippen LogP contribution in [0.25, 0.3) is 33.4 Å². The molecule has 1 unspecified atom stereocenters. The van der Waals surface area contributed by atoms with Gasteiger partial charge in [0, 0.05) is 33.9 Å². The first-order valence-corrected chi connectivity index (χ1v) is 21.0. The van der Waals surface area contributed by atoms with Crippen molar-refractivity contribution in [2.24, 2.45) is 0 Å². The van der Waals surface area contributed by atoms with Crippen molar-refractivity contribution in [2.45, 2.75) is 24.7 Å². The third-order valence-electron chi connectivity index (χ3n) is 13.4. The van der Waals surface area contributed by atoms with Gasteiger partial charge < -0.3 is 9.80 Å². The Morgan fingerprint density at radius 1 is 0.283 bits per heavy atom. The van der Waals surface area contributed by atoms with Crippen LogP contribution >= 0.6 is 0 Å². The molecule has 0 bridgehead atoms. The maximum absolute atomic E-state index is 2.49. The summed E-state index contributed by atoms with van der Waals surface area (Å²) in [5.74, 6) is 0. The Morgan fingerprint density at radius 3 is 1.33 bits per heavy atom. The highest BCUT2D eigenvalue weighted by Gasteiger charge is 2.52. The zero-order valence-corrected chi connectivity index (χ0v) is 33.7. The monoisotopic (exact) mass is 766 g/mol. The van der Waals surface area contributed by atoms with E-state index in [1.54, 1.807) is 0 Å². The summed E-state index contributed by atoms with van der Waals surface area (Å²) in [6.07, 6.45) is 0. The van der Waals surface area contributed by atoms with E-state index in [9.17, 15) is 0 Å². The van der Waals surface area contributed by atoms with Crippen LogP contribution in [0, 0.1) is 0 Å². The molecule has 0 saturated heterocycles. The maximum Gasteiger partial charge on any atom is 0.0726 e. The molecule has 3 aliphatic rings. The van der Waals surface area contributed by atoms with E-state index in [0.717, 1.165) is 28.4 Å². The van der Waals surface area contributed by atoms with Crippen LogP contribution in [0.4, 0.5) is 34.1 Å². The first-order chi connectivity index (χ1) is 29.5. The van der Waals surface area contributed by atoms with Crippen LogP contribution in [0.15, 0.2) is 218 Å². The fourth-order valence-corrected chi connectivity index (χ4v) is 11.0. The zero-order valence-electron chi connectivity index (χ0n) is 33.7. The number of rotatable bonds is 6. The molecule has 0 saturated carbocycles. The molecule has 0 aromatic heterocycles. The van der Waals surface area contributed by atoms with E-state index in [1.165, 1.54) is 72.4 Å². The van der Waals surface area contributed by atoms with E-state index in [2.05, 4.69) is 242 Å². The lowest BCUT2D eigenvalue weighted by molar-refractivity contribution is 0.661. The van der Waals surface area contributed by atoms with Gasteiger partial charge in [0.25, 0.3) is 0 Å². The van der Waals surface area contributed by atoms with Gasteiger partial charge in [0.1, 0.15) is 0 Å². The van der Waals surface area contributed by atoms with Gasteiger partial charge in [0.05, 0.1) is 11.1 Å². The molecular formula is C58H42N2. The summed E-state index contributed by atoms with van der Waals surface area (Å²) in [4.78, 5) is 4.88. The quantitative estimate of drug-likeness (QED) is 0.166. The van der Waals surface area contributed by atoms with Gasteiger partial charge in [0.15, 0.2) is 0 Å². The number of hydrogen-bond donors (Lipinski definition) is 0. The SMILES string of the molecule is CC1(C)c2ccccc2-c2cccc(N(c3ccccc3)c3ccc4c(c3)-c3ccccc3C43c4ccccc4-c4ccc(N(c5ccccc5)c5ccccc5)cc43)c21. The summed E-state index contributed by atoms with van der Waals surface area (Å²) in [6, 6.07) is 80.8. The average Bonchev–Trinajstić information content (AvgIpc) is 3.86. The van der Waals surface area contributed by atoms with Crippen LogP contribution in [0.3, 0.4) is 0 Å². The lowest BCUT2D eigenvalue weighted by Crippen LogP contribution is -2.26. The molecule has 9 aromatic carbocycles. The molecule has 1 spiro atoms. The van der Waals surface area contributed by atoms with Gasteiger partial charge in [-0.3, -0.25) is 0 Å². The fraction of sp³-hybridized carbons (Fsp3) is 0.0690. The zero-order chi connectivity index (χ0) is 40.0. The molecule has 2 heteroatoms. The first-order valence-electron chi connectivity index (χ1n) is 21.0. The van der Waals surface area contributed by atoms with E-state index in [0.29, 0.717) is 0 Å². The normalized spacial score (nSPS) is 15.7. The van der Waals surface area contributed by atoms with E-state index in [4.69, 9.17) is 0 Å². The van der Waals surface area contributed by atoms with Crippen molar-refractivity contribution in [3.05, 3.63) is 252 Å². The summed E-state index contributed by atoms with van der Waals surface area (Å²) in [5.41, 5.74) is 22.0. The van der Waals surface area contributed by atoms with E-state index >= 15 is 0 Å². The minimum atomic E-state index is -0.499. The molecular weight excluding hydrogens is 725 g/mol. The summed E-state index contributed by atoms with van der Waals surface area (Å²) in [5, 5.41) is 0. The smallest absolute Gasteiger partial charge is 0.0726 e. The molecule has 284 valence electrons. The molecule has 0 heterocycles. The lowest BCUT2D eigenvalue weighted by Gasteiger charge is -2.33. The minimum Gasteiger partial charge on any atom is -0.310 e. The van der Waals surface area contributed by atoms with Crippen molar-refractivity contribution in [1.29, 1.82) is 0 Å². The maximum atomic E-state index is 2.49. The number of fused-ring (bicyclic) bond motifs is 13. The van der Waals surface area contributed by atoms with Gasteiger partial charge in [-0.2, -0.15) is 0 Å². The van der Waals surface area contributed by atoms with Gasteiger partial charge in [0.2, 0.25) is 0 Å². The molecule has 0 amide bonds. The molecule has 0 radical (unpaired) electrons. The summed E-state index contributed by atoms with van der Waals surface area (Å²) >= 11 is 0. The second-order valence-corrected chi connectivity index (χ2v) is 16.8. The fourth-order valence-electron chi connectivity index (χ4n) is 11.0. The van der Waals surface area contributed by atoms with Crippen LogP contribution in [0.5, 0.6) is 0 Å². The molecule has 9 aromatic rings. The molecule has 0 aliphatic heterocycles. The second-order valence-electron chi connectivity index (χ2n) is 16.8. The Bertz CT molecular complexity index is 3090. The number of para-hydroxylation sites is 3. The van der Waals surface area contributed by atoms with Crippen molar-refractivity contribution < 1.29 is 0 Å². The summed E-state index contributed by atoms with van der Waals surface area (Å²) in [6.45, 7) is 4.76. The predicted molar refractivity (Wildman–Crippen MR) is 250 cm³/mol. The van der Waals surface area contributed by atoms with Crippen molar-refractivity contribution in [3.63, 3.8) is 0 Å². The van der Waals surface area contributed by atoms with Crippen LogP contribution < -0.4 is 9.80 Å². The van der Waals surface area contributed by atoms with Crippen LogP contribution in [0.2, 0.25) is 0 Å². The van der Waals surface area contributed by atoms with Crippen LogP contribution in [-0.2, 0) is 10.8 Å². The number of hydrogen-bond acceptors (Lipinski definition) is 2. The van der Waals surface area contributed by atoms with Gasteiger partial charge in [-0.1, -0.05) is 166 Å². The molecule has 0 N–H and O–H groups in total. The average molecular weight is 767 g/mol.